The summed E-state index contributed by atoms with van der Waals surface area (Å²) in [7, 11) is 0. The van der Waals surface area contributed by atoms with Crippen LogP contribution >= 0.6 is 0 Å². The number of benzene rings is 1. The molecule has 1 aromatic carbocycles. The average molecular weight is 367 g/mol. The Morgan fingerprint density at radius 1 is 1.19 bits per heavy atom. The fourth-order valence-electron chi connectivity index (χ4n) is 4.73. The number of nitrogens with one attached hydrogen (secondary N) is 1. The third kappa shape index (κ3) is 3.63. The van der Waals surface area contributed by atoms with Crippen LogP contribution in [0.5, 0.6) is 0 Å². The maximum atomic E-state index is 13.0. The Morgan fingerprint density at radius 3 is 2.52 bits per heavy atom. The number of nitrogens with two attached hydrogens (primary N) is 1. The van der Waals surface area contributed by atoms with Crippen molar-refractivity contribution < 1.29 is 4.79 Å². The number of aromatic nitrogens is 3. The van der Waals surface area contributed by atoms with Crippen molar-refractivity contribution in [3.05, 3.63) is 42.2 Å². The van der Waals surface area contributed by atoms with Gasteiger partial charge in [-0.1, -0.05) is 29.8 Å². The van der Waals surface area contributed by atoms with Crippen LogP contribution in [0, 0.1) is 17.8 Å². The fraction of sp³-hybridized carbons (Fsp3) is 0.571. The van der Waals surface area contributed by atoms with Gasteiger partial charge in [-0.3, -0.25) is 4.79 Å². The second kappa shape index (κ2) is 7.08. The fourth-order valence-corrected chi connectivity index (χ4v) is 4.73. The molecular formula is C21H29N5O. The Bertz CT molecular complexity index is 786. The number of para-hydroxylation sites is 1. The number of hydrogen-bond acceptors (Lipinski definition) is 4. The highest BCUT2D eigenvalue weighted by atomic mass is 16.2. The maximum absolute atomic E-state index is 13.0. The van der Waals surface area contributed by atoms with Gasteiger partial charge in [-0.15, -0.1) is 5.10 Å². The second-order valence-corrected chi connectivity index (χ2v) is 8.69. The third-order valence-corrected chi connectivity index (χ3v) is 6.37. The lowest BCUT2D eigenvalue weighted by Crippen LogP contribution is -2.51. The van der Waals surface area contributed by atoms with E-state index in [0.29, 0.717) is 11.8 Å². The van der Waals surface area contributed by atoms with E-state index in [9.17, 15) is 4.79 Å². The molecule has 1 aromatic heterocycles. The number of nitrogens with zero attached hydrogens (tertiary/aromatic N) is 3. The van der Waals surface area contributed by atoms with Gasteiger partial charge < -0.3 is 11.1 Å². The molecule has 144 valence electrons. The summed E-state index contributed by atoms with van der Waals surface area (Å²) in [4.78, 5) is 13.0. The molecule has 0 aliphatic heterocycles. The largest absolute Gasteiger partial charge is 0.345 e. The molecule has 27 heavy (non-hydrogen) atoms. The van der Waals surface area contributed by atoms with Gasteiger partial charge in [0.2, 0.25) is 5.91 Å². The number of hydrogen-bond donors (Lipinski definition) is 2. The van der Waals surface area contributed by atoms with E-state index in [4.69, 9.17) is 5.73 Å². The van der Waals surface area contributed by atoms with Crippen LogP contribution in [0.3, 0.4) is 0 Å². The van der Waals surface area contributed by atoms with Gasteiger partial charge in [0.05, 0.1) is 17.4 Å². The molecule has 0 radical (unpaired) electrons. The summed E-state index contributed by atoms with van der Waals surface area (Å²) < 4.78 is 1.74. The SMILES string of the molecule is CC(C)(NC(=O)C1CC2CCCC(C1)C2N)c1cn(-c2ccccc2)nn1. The Hall–Kier alpha value is -2.21. The van der Waals surface area contributed by atoms with E-state index < -0.39 is 5.54 Å². The van der Waals surface area contributed by atoms with E-state index >= 15 is 0 Å². The molecular weight excluding hydrogens is 338 g/mol. The standard InChI is InChI=1S/C21H29N5O/c1-21(2,18-13-26(25-24-18)17-9-4-3-5-10-17)23-20(27)16-11-14-7-6-8-15(12-16)19(14)22/h3-5,9-10,13-16,19H,6-8,11-12,22H2,1-2H3,(H,23,27). The van der Waals surface area contributed by atoms with Crippen molar-refractivity contribution in [2.24, 2.45) is 23.5 Å². The summed E-state index contributed by atoms with van der Waals surface area (Å²) in [6.07, 6.45) is 7.30. The molecule has 1 heterocycles. The highest BCUT2D eigenvalue weighted by Gasteiger charge is 2.41. The molecule has 2 saturated carbocycles. The van der Waals surface area contributed by atoms with Gasteiger partial charge in [0, 0.05) is 12.0 Å². The Kier molecular flexibility index (Phi) is 4.76. The minimum absolute atomic E-state index is 0.0588. The lowest BCUT2D eigenvalue weighted by molar-refractivity contribution is -0.129. The van der Waals surface area contributed by atoms with Crippen LogP contribution < -0.4 is 11.1 Å². The van der Waals surface area contributed by atoms with Gasteiger partial charge in [0.25, 0.3) is 0 Å². The molecule has 6 nitrogen and oxygen atoms in total. The molecule has 3 N–H and O–H groups in total. The van der Waals surface area contributed by atoms with Gasteiger partial charge in [0.1, 0.15) is 5.69 Å². The molecule has 0 spiro atoms. The number of carbonyl (C=O) groups is 1. The van der Waals surface area contributed by atoms with Crippen LogP contribution in [0.4, 0.5) is 0 Å². The summed E-state index contributed by atoms with van der Waals surface area (Å²) in [6, 6.07) is 10.1. The molecule has 2 atom stereocenters. The first-order valence-corrected chi connectivity index (χ1v) is 10.00. The number of carbonyl (C=O) groups excluding carboxylic acids is 1. The van der Waals surface area contributed by atoms with Crippen LogP contribution in [0.25, 0.3) is 5.69 Å². The Labute approximate surface area is 160 Å². The monoisotopic (exact) mass is 367 g/mol. The molecule has 0 saturated heterocycles. The lowest BCUT2D eigenvalue weighted by atomic mass is 9.65. The highest BCUT2D eigenvalue weighted by molar-refractivity contribution is 5.79. The number of amides is 1. The quantitative estimate of drug-likeness (QED) is 0.870. The molecule has 2 fully saturated rings. The van der Waals surface area contributed by atoms with E-state index in [2.05, 4.69) is 15.6 Å². The van der Waals surface area contributed by atoms with Crippen molar-refractivity contribution in [3.8, 4) is 5.69 Å². The first-order valence-electron chi connectivity index (χ1n) is 10.00. The van der Waals surface area contributed by atoms with Gasteiger partial charge in [-0.25, -0.2) is 4.68 Å². The molecule has 2 aliphatic rings. The summed E-state index contributed by atoms with van der Waals surface area (Å²) in [6.45, 7) is 3.97. The first kappa shape index (κ1) is 18.2. The predicted octanol–water partition coefficient (Wildman–Crippen LogP) is 2.77. The number of rotatable bonds is 4. The van der Waals surface area contributed by atoms with Gasteiger partial charge in [-0.2, -0.15) is 0 Å². The maximum Gasteiger partial charge on any atom is 0.223 e. The molecule has 1 amide bonds. The van der Waals surface area contributed by atoms with Crippen molar-refractivity contribution in [1.29, 1.82) is 0 Å². The summed E-state index contributed by atoms with van der Waals surface area (Å²) >= 11 is 0. The van der Waals surface area contributed by atoms with E-state index in [1.54, 1.807) is 4.68 Å². The zero-order valence-corrected chi connectivity index (χ0v) is 16.1. The van der Waals surface area contributed by atoms with Gasteiger partial charge in [0.15, 0.2) is 0 Å². The van der Waals surface area contributed by atoms with Crippen LogP contribution in [-0.2, 0) is 10.3 Å². The van der Waals surface area contributed by atoms with Gasteiger partial charge in [-0.05, 0) is 63.5 Å². The molecule has 2 aromatic rings. The van der Waals surface area contributed by atoms with Gasteiger partial charge >= 0.3 is 0 Å². The van der Waals surface area contributed by atoms with Crippen LogP contribution in [0.2, 0.25) is 0 Å². The Balaban J connectivity index is 1.45. The zero-order chi connectivity index (χ0) is 19.0. The van der Waals surface area contributed by atoms with Crippen LogP contribution in [0.1, 0.15) is 51.6 Å². The Morgan fingerprint density at radius 2 is 1.85 bits per heavy atom. The smallest absolute Gasteiger partial charge is 0.223 e. The van der Waals surface area contributed by atoms with E-state index in [1.165, 1.54) is 6.42 Å². The van der Waals surface area contributed by atoms with E-state index in [-0.39, 0.29) is 17.9 Å². The summed E-state index contributed by atoms with van der Waals surface area (Å²) in [5.41, 5.74) is 7.51. The van der Waals surface area contributed by atoms with E-state index in [1.807, 2.05) is 50.4 Å². The van der Waals surface area contributed by atoms with Crippen LogP contribution in [0.15, 0.2) is 36.5 Å². The normalized spacial score (nSPS) is 28.0. The third-order valence-electron chi connectivity index (χ3n) is 6.37. The topological polar surface area (TPSA) is 85.8 Å². The molecule has 4 rings (SSSR count). The van der Waals surface area contributed by atoms with E-state index in [0.717, 1.165) is 37.1 Å². The lowest BCUT2D eigenvalue weighted by Gasteiger charge is -2.44. The van der Waals surface area contributed by atoms with Crippen molar-refractivity contribution in [1.82, 2.24) is 20.3 Å². The minimum atomic E-state index is -0.571. The van der Waals surface area contributed by atoms with Crippen molar-refractivity contribution in [2.45, 2.75) is 57.5 Å². The summed E-state index contributed by atoms with van der Waals surface area (Å²) in [5, 5.41) is 11.8. The minimum Gasteiger partial charge on any atom is -0.345 e. The van der Waals surface area contributed by atoms with Crippen LogP contribution in [-0.4, -0.2) is 26.9 Å². The molecule has 6 heteroatoms. The predicted molar refractivity (Wildman–Crippen MR) is 104 cm³/mol. The zero-order valence-electron chi connectivity index (χ0n) is 16.1. The molecule has 2 aliphatic carbocycles. The molecule has 2 bridgehead atoms. The van der Waals surface area contributed by atoms with Crippen molar-refractivity contribution in [3.63, 3.8) is 0 Å². The molecule has 2 unspecified atom stereocenters. The number of fused-ring (bicyclic) bond motifs is 2. The van der Waals surface area contributed by atoms with Crippen molar-refractivity contribution in [2.75, 3.05) is 0 Å². The first-order chi connectivity index (χ1) is 12.9. The average Bonchev–Trinajstić information content (AvgIpc) is 3.13. The second-order valence-electron chi connectivity index (χ2n) is 8.69. The van der Waals surface area contributed by atoms with Crippen molar-refractivity contribution >= 4 is 5.91 Å². The highest BCUT2D eigenvalue weighted by Crippen LogP contribution is 2.42. The summed E-state index contributed by atoms with van der Waals surface area (Å²) in [5.74, 6) is 1.17.